The zero-order chi connectivity index (χ0) is 13.3. The lowest BCUT2D eigenvalue weighted by Gasteiger charge is -2.22. The minimum Gasteiger partial charge on any atom is -0.458 e. The van der Waals surface area contributed by atoms with E-state index in [1.165, 1.54) is 0 Å². The molecule has 1 aromatic heterocycles. The maximum atomic E-state index is 10.4. The predicted octanol–water partition coefficient (Wildman–Crippen LogP) is 3.29. The van der Waals surface area contributed by atoms with Crippen LogP contribution in [-0.2, 0) is 5.60 Å². The van der Waals surface area contributed by atoms with Gasteiger partial charge in [0.25, 0.3) is 0 Å². The van der Waals surface area contributed by atoms with Gasteiger partial charge in [-0.3, -0.25) is 0 Å². The lowest BCUT2D eigenvalue weighted by Crippen LogP contribution is -2.38. The molecule has 1 heterocycles. The second-order valence-corrected chi connectivity index (χ2v) is 5.54. The maximum absolute atomic E-state index is 10.4. The smallest absolute Gasteiger partial charge is 0.137 e. The fraction of sp³-hybridized carbons (Fsp3) is 0.429. The van der Waals surface area contributed by atoms with Crippen molar-refractivity contribution in [2.45, 2.75) is 32.4 Å². The fourth-order valence-corrected chi connectivity index (χ4v) is 1.95. The first-order valence-electron chi connectivity index (χ1n) is 6.04. The Morgan fingerprint density at radius 3 is 2.78 bits per heavy atom. The summed E-state index contributed by atoms with van der Waals surface area (Å²) in [6.07, 6.45) is 0. The van der Waals surface area contributed by atoms with Crippen molar-refractivity contribution in [3.63, 3.8) is 0 Å². The highest BCUT2D eigenvalue weighted by molar-refractivity contribution is 6.31. The van der Waals surface area contributed by atoms with E-state index >= 15 is 0 Å². The third-order valence-corrected chi connectivity index (χ3v) is 3.10. The molecular formula is C14H18ClNO2. The van der Waals surface area contributed by atoms with Gasteiger partial charge in [0.1, 0.15) is 16.9 Å². The summed E-state index contributed by atoms with van der Waals surface area (Å²) in [5.74, 6) is 0.549. The van der Waals surface area contributed by atoms with Crippen molar-refractivity contribution in [3.05, 3.63) is 35.0 Å². The molecule has 0 fully saturated rings. The highest BCUT2D eigenvalue weighted by atomic mass is 35.5. The van der Waals surface area contributed by atoms with E-state index in [1.54, 1.807) is 13.0 Å². The number of fused-ring (bicyclic) bond motifs is 1. The number of furan rings is 1. The summed E-state index contributed by atoms with van der Waals surface area (Å²) < 4.78 is 5.67. The van der Waals surface area contributed by atoms with Crippen LogP contribution in [0.5, 0.6) is 0 Å². The maximum Gasteiger partial charge on any atom is 0.137 e. The first kappa shape index (κ1) is 13.4. The lowest BCUT2D eigenvalue weighted by atomic mass is 10.0. The molecule has 0 radical (unpaired) electrons. The third-order valence-electron chi connectivity index (χ3n) is 2.86. The number of halogens is 1. The summed E-state index contributed by atoms with van der Waals surface area (Å²) in [6, 6.07) is 7.57. The van der Waals surface area contributed by atoms with Gasteiger partial charge in [0.2, 0.25) is 0 Å². The third kappa shape index (κ3) is 2.86. The Hall–Kier alpha value is -1.03. The van der Waals surface area contributed by atoms with Crippen molar-refractivity contribution < 1.29 is 9.52 Å². The van der Waals surface area contributed by atoms with Crippen LogP contribution in [0.1, 0.15) is 26.5 Å². The molecule has 0 saturated heterocycles. The molecule has 0 aliphatic heterocycles. The molecule has 4 heteroatoms. The van der Waals surface area contributed by atoms with Crippen molar-refractivity contribution in [2.24, 2.45) is 0 Å². The van der Waals surface area contributed by atoms with Crippen LogP contribution in [0.25, 0.3) is 11.0 Å². The van der Waals surface area contributed by atoms with Crippen LogP contribution in [0.2, 0.25) is 5.02 Å². The number of hydrogen-bond donors (Lipinski definition) is 2. The second kappa shape index (κ2) is 4.92. The number of nitrogens with one attached hydrogen (secondary N) is 1. The SMILES string of the molecule is CC(C)NCC(C)(O)c1cc2cc(Cl)ccc2o1. The molecule has 0 bridgehead atoms. The van der Waals surface area contributed by atoms with E-state index < -0.39 is 5.60 Å². The average molecular weight is 268 g/mol. The number of benzene rings is 1. The van der Waals surface area contributed by atoms with Crippen molar-refractivity contribution in [2.75, 3.05) is 6.54 Å². The molecule has 0 aliphatic rings. The van der Waals surface area contributed by atoms with Gasteiger partial charge in [-0.15, -0.1) is 0 Å². The minimum absolute atomic E-state index is 0.315. The zero-order valence-electron chi connectivity index (χ0n) is 10.8. The standard InChI is InChI=1S/C14H18ClNO2/c1-9(2)16-8-14(3,17)13-7-10-6-11(15)4-5-12(10)18-13/h4-7,9,16-17H,8H2,1-3H3. The molecule has 3 nitrogen and oxygen atoms in total. The topological polar surface area (TPSA) is 45.4 Å². The van der Waals surface area contributed by atoms with E-state index in [9.17, 15) is 5.11 Å². The van der Waals surface area contributed by atoms with Crippen LogP contribution < -0.4 is 5.32 Å². The van der Waals surface area contributed by atoms with Gasteiger partial charge in [-0.1, -0.05) is 25.4 Å². The van der Waals surface area contributed by atoms with E-state index in [4.69, 9.17) is 16.0 Å². The van der Waals surface area contributed by atoms with Crippen LogP contribution in [0.3, 0.4) is 0 Å². The summed E-state index contributed by atoms with van der Waals surface area (Å²) in [5.41, 5.74) is -0.297. The molecule has 1 atom stereocenters. The second-order valence-electron chi connectivity index (χ2n) is 5.10. The quantitative estimate of drug-likeness (QED) is 0.894. The van der Waals surface area contributed by atoms with Gasteiger partial charge in [0.15, 0.2) is 0 Å². The predicted molar refractivity (Wildman–Crippen MR) is 73.9 cm³/mol. The van der Waals surface area contributed by atoms with Crippen LogP contribution in [-0.4, -0.2) is 17.7 Å². The molecule has 2 aromatic rings. The molecule has 2 rings (SSSR count). The van der Waals surface area contributed by atoms with Crippen LogP contribution in [0.4, 0.5) is 0 Å². The average Bonchev–Trinajstić information content (AvgIpc) is 2.70. The number of aliphatic hydroxyl groups is 1. The highest BCUT2D eigenvalue weighted by Crippen LogP contribution is 2.29. The molecule has 0 saturated carbocycles. The van der Waals surface area contributed by atoms with Gasteiger partial charge in [0.05, 0.1) is 0 Å². The molecule has 2 N–H and O–H groups in total. The Balaban J connectivity index is 2.29. The summed E-state index contributed by atoms with van der Waals surface area (Å²) in [7, 11) is 0. The summed E-state index contributed by atoms with van der Waals surface area (Å²) in [5, 5.41) is 15.2. The Kier molecular flexibility index (Phi) is 3.66. The Morgan fingerprint density at radius 2 is 2.11 bits per heavy atom. The largest absolute Gasteiger partial charge is 0.458 e. The van der Waals surface area contributed by atoms with E-state index in [-0.39, 0.29) is 0 Å². The van der Waals surface area contributed by atoms with E-state index in [1.807, 2.05) is 32.0 Å². The fourth-order valence-electron chi connectivity index (χ4n) is 1.77. The molecule has 1 unspecified atom stereocenters. The summed E-state index contributed by atoms with van der Waals surface area (Å²) >= 11 is 5.93. The number of rotatable bonds is 4. The van der Waals surface area contributed by atoms with E-state index in [0.717, 1.165) is 11.0 Å². The van der Waals surface area contributed by atoms with Crippen molar-refractivity contribution >= 4 is 22.6 Å². The van der Waals surface area contributed by atoms with Gasteiger partial charge in [-0.2, -0.15) is 0 Å². The monoisotopic (exact) mass is 267 g/mol. The molecule has 0 amide bonds. The van der Waals surface area contributed by atoms with Crippen molar-refractivity contribution in [3.8, 4) is 0 Å². The van der Waals surface area contributed by atoms with Gasteiger partial charge in [-0.25, -0.2) is 0 Å². The van der Waals surface area contributed by atoms with Crippen molar-refractivity contribution in [1.29, 1.82) is 0 Å². The van der Waals surface area contributed by atoms with Crippen LogP contribution in [0.15, 0.2) is 28.7 Å². The van der Waals surface area contributed by atoms with Gasteiger partial charge in [0, 0.05) is 23.0 Å². The Labute approximate surface area is 112 Å². The van der Waals surface area contributed by atoms with Crippen LogP contribution in [0, 0.1) is 0 Å². The Morgan fingerprint density at radius 1 is 1.39 bits per heavy atom. The first-order valence-corrected chi connectivity index (χ1v) is 6.41. The summed E-state index contributed by atoms with van der Waals surface area (Å²) in [4.78, 5) is 0. The van der Waals surface area contributed by atoms with Crippen molar-refractivity contribution in [1.82, 2.24) is 5.32 Å². The summed E-state index contributed by atoms with van der Waals surface area (Å²) in [6.45, 7) is 6.25. The van der Waals surface area contributed by atoms with E-state index in [2.05, 4.69) is 5.32 Å². The van der Waals surface area contributed by atoms with Gasteiger partial charge in [-0.05, 0) is 31.2 Å². The molecule has 1 aromatic carbocycles. The highest BCUT2D eigenvalue weighted by Gasteiger charge is 2.27. The molecule has 18 heavy (non-hydrogen) atoms. The first-order chi connectivity index (χ1) is 8.38. The molecule has 0 spiro atoms. The normalized spacial score (nSPS) is 15.2. The Bertz CT molecular complexity index is 546. The number of hydrogen-bond acceptors (Lipinski definition) is 3. The zero-order valence-corrected chi connectivity index (χ0v) is 11.6. The van der Waals surface area contributed by atoms with Gasteiger partial charge < -0.3 is 14.8 Å². The molecule has 98 valence electrons. The van der Waals surface area contributed by atoms with Gasteiger partial charge >= 0.3 is 0 Å². The molecule has 0 aliphatic carbocycles. The van der Waals surface area contributed by atoms with Crippen LogP contribution >= 0.6 is 11.6 Å². The molecular weight excluding hydrogens is 250 g/mol. The minimum atomic E-state index is -1.03. The van der Waals surface area contributed by atoms with E-state index in [0.29, 0.717) is 23.4 Å². The lowest BCUT2D eigenvalue weighted by molar-refractivity contribution is 0.0341.